The van der Waals surface area contributed by atoms with E-state index in [4.69, 9.17) is 0 Å². The Kier molecular flexibility index (Phi) is 6.03. The van der Waals surface area contributed by atoms with E-state index in [0.717, 1.165) is 23.8 Å². The number of aliphatic hydroxyl groups excluding tert-OH is 1. The molecule has 1 heterocycles. The van der Waals surface area contributed by atoms with Gasteiger partial charge in [0.15, 0.2) is 0 Å². The Morgan fingerprint density at radius 3 is 2.86 bits per heavy atom. The minimum atomic E-state index is -0.726. The first kappa shape index (κ1) is 16.6. The van der Waals surface area contributed by atoms with E-state index in [0.29, 0.717) is 12.8 Å². The highest BCUT2D eigenvalue weighted by Crippen LogP contribution is 2.15. The fourth-order valence-electron chi connectivity index (χ4n) is 2.06. The molecule has 0 radical (unpaired) electrons. The van der Waals surface area contributed by atoms with Crippen LogP contribution in [0.1, 0.15) is 30.1 Å². The maximum absolute atomic E-state index is 13.4. The molecule has 1 unspecified atom stereocenters. The predicted molar refractivity (Wildman–Crippen MR) is 81.6 cm³/mol. The molecule has 1 aromatic heterocycles. The number of aryl methyl sites for hydroxylation is 1. The molecule has 2 aromatic rings. The first-order chi connectivity index (χ1) is 10.6. The number of amides is 1. The van der Waals surface area contributed by atoms with Crippen molar-refractivity contribution in [1.29, 1.82) is 0 Å². The summed E-state index contributed by atoms with van der Waals surface area (Å²) < 4.78 is 26.4. The molecule has 0 saturated heterocycles. The minimum absolute atomic E-state index is 0.143. The van der Waals surface area contributed by atoms with Crippen LogP contribution in [0.25, 0.3) is 0 Å². The number of hydrogen-bond acceptors (Lipinski definition) is 3. The zero-order valence-electron chi connectivity index (χ0n) is 11.9. The number of benzene rings is 1. The van der Waals surface area contributed by atoms with Gasteiger partial charge in [0.2, 0.25) is 5.91 Å². The zero-order chi connectivity index (χ0) is 15.9. The third kappa shape index (κ3) is 4.89. The minimum Gasteiger partial charge on any atom is -0.387 e. The summed E-state index contributed by atoms with van der Waals surface area (Å²) in [4.78, 5) is 11.7. The van der Waals surface area contributed by atoms with Crippen LogP contribution in [0, 0.1) is 11.6 Å². The zero-order valence-corrected chi connectivity index (χ0v) is 12.7. The lowest BCUT2D eigenvalue weighted by Crippen LogP contribution is -2.28. The third-order valence-corrected chi connectivity index (χ3v) is 3.98. The summed E-state index contributed by atoms with van der Waals surface area (Å²) in [5.41, 5.74) is 1.04. The van der Waals surface area contributed by atoms with Crippen molar-refractivity contribution in [3.8, 4) is 0 Å². The summed E-state index contributed by atoms with van der Waals surface area (Å²) in [5, 5.41) is 16.1. The fourth-order valence-corrected chi connectivity index (χ4v) is 2.76. The maximum Gasteiger partial charge on any atom is 0.220 e. The number of thiophene rings is 1. The molecule has 2 N–H and O–H groups in total. The fraction of sp³-hybridized carbons (Fsp3) is 0.312. The molecule has 2 rings (SSSR count). The van der Waals surface area contributed by atoms with Gasteiger partial charge in [-0.3, -0.25) is 4.79 Å². The van der Waals surface area contributed by atoms with Crippen molar-refractivity contribution in [3.05, 3.63) is 57.8 Å². The van der Waals surface area contributed by atoms with Gasteiger partial charge in [-0.25, -0.2) is 8.78 Å². The second kappa shape index (κ2) is 8.00. The van der Waals surface area contributed by atoms with Crippen LogP contribution in [-0.4, -0.2) is 17.6 Å². The SMILES string of the molecule is O=C(CCCc1cc(F)ccc1F)NCC(O)c1ccsc1. The highest BCUT2D eigenvalue weighted by atomic mass is 32.1. The Balaban J connectivity index is 1.70. The highest BCUT2D eigenvalue weighted by molar-refractivity contribution is 7.07. The van der Waals surface area contributed by atoms with Crippen LogP contribution in [0.5, 0.6) is 0 Å². The van der Waals surface area contributed by atoms with Crippen molar-refractivity contribution in [2.75, 3.05) is 6.54 Å². The first-order valence-electron chi connectivity index (χ1n) is 6.97. The average molecular weight is 325 g/mol. The molecule has 1 aromatic carbocycles. The standard InChI is InChI=1S/C16H17F2NO2S/c17-13-4-5-14(18)11(8-13)2-1-3-16(21)19-9-15(20)12-6-7-22-10-12/h4-8,10,15,20H,1-3,9H2,(H,19,21). The molecule has 0 aliphatic heterocycles. The molecule has 1 atom stereocenters. The number of aliphatic hydroxyl groups is 1. The summed E-state index contributed by atoms with van der Waals surface area (Å²) in [6.07, 6.45) is 0.188. The van der Waals surface area contributed by atoms with Gasteiger partial charge < -0.3 is 10.4 Å². The lowest BCUT2D eigenvalue weighted by Gasteiger charge is -2.10. The van der Waals surface area contributed by atoms with Crippen molar-refractivity contribution < 1.29 is 18.7 Å². The van der Waals surface area contributed by atoms with Crippen LogP contribution in [0.4, 0.5) is 8.78 Å². The largest absolute Gasteiger partial charge is 0.387 e. The van der Waals surface area contributed by atoms with E-state index in [-0.39, 0.29) is 24.4 Å². The van der Waals surface area contributed by atoms with E-state index in [1.54, 1.807) is 6.07 Å². The van der Waals surface area contributed by atoms with Crippen LogP contribution < -0.4 is 5.32 Å². The van der Waals surface area contributed by atoms with Crippen molar-refractivity contribution in [2.45, 2.75) is 25.4 Å². The Morgan fingerprint density at radius 1 is 1.32 bits per heavy atom. The molecular formula is C16H17F2NO2S. The molecule has 0 aliphatic rings. The van der Waals surface area contributed by atoms with Crippen molar-refractivity contribution in [3.63, 3.8) is 0 Å². The van der Waals surface area contributed by atoms with Crippen LogP contribution in [0.2, 0.25) is 0 Å². The lowest BCUT2D eigenvalue weighted by atomic mass is 10.1. The second-order valence-corrected chi connectivity index (χ2v) is 5.75. The van der Waals surface area contributed by atoms with Crippen molar-refractivity contribution >= 4 is 17.2 Å². The van der Waals surface area contributed by atoms with E-state index >= 15 is 0 Å². The smallest absolute Gasteiger partial charge is 0.220 e. The molecule has 0 saturated carbocycles. The normalized spacial score (nSPS) is 12.1. The van der Waals surface area contributed by atoms with Gasteiger partial charge in [0, 0.05) is 13.0 Å². The number of carbonyl (C=O) groups excluding carboxylic acids is 1. The Bertz CT molecular complexity index is 617. The molecule has 0 aliphatic carbocycles. The molecule has 118 valence electrons. The van der Waals surface area contributed by atoms with Crippen LogP contribution >= 0.6 is 11.3 Å². The molecule has 22 heavy (non-hydrogen) atoms. The predicted octanol–water partition coefficient (Wildman–Crippen LogP) is 3.20. The molecular weight excluding hydrogens is 308 g/mol. The maximum atomic E-state index is 13.4. The topological polar surface area (TPSA) is 49.3 Å². The van der Waals surface area contributed by atoms with Gasteiger partial charge in [-0.15, -0.1) is 0 Å². The third-order valence-electron chi connectivity index (χ3n) is 3.28. The first-order valence-corrected chi connectivity index (χ1v) is 7.91. The molecule has 6 heteroatoms. The second-order valence-electron chi connectivity index (χ2n) is 4.97. The molecule has 1 amide bonds. The van der Waals surface area contributed by atoms with Gasteiger partial charge in [0.25, 0.3) is 0 Å². The number of carbonyl (C=O) groups is 1. The van der Waals surface area contributed by atoms with Gasteiger partial charge in [-0.1, -0.05) is 0 Å². The van der Waals surface area contributed by atoms with E-state index in [9.17, 15) is 18.7 Å². The van der Waals surface area contributed by atoms with Gasteiger partial charge in [0.1, 0.15) is 11.6 Å². The average Bonchev–Trinajstić information content (AvgIpc) is 3.02. The van der Waals surface area contributed by atoms with E-state index in [1.807, 2.05) is 10.8 Å². The lowest BCUT2D eigenvalue weighted by molar-refractivity contribution is -0.121. The molecule has 0 fully saturated rings. The summed E-state index contributed by atoms with van der Waals surface area (Å²) in [5.74, 6) is -1.17. The molecule has 3 nitrogen and oxygen atoms in total. The van der Waals surface area contributed by atoms with Crippen LogP contribution in [-0.2, 0) is 11.2 Å². The van der Waals surface area contributed by atoms with Crippen LogP contribution in [0.3, 0.4) is 0 Å². The van der Waals surface area contributed by atoms with Crippen LogP contribution in [0.15, 0.2) is 35.0 Å². The van der Waals surface area contributed by atoms with E-state index in [1.165, 1.54) is 11.3 Å². The van der Waals surface area contributed by atoms with Crippen molar-refractivity contribution in [1.82, 2.24) is 5.32 Å². The van der Waals surface area contributed by atoms with Gasteiger partial charge in [-0.2, -0.15) is 11.3 Å². The summed E-state index contributed by atoms with van der Waals surface area (Å²) >= 11 is 1.48. The van der Waals surface area contributed by atoms with E-state index in [2.05, 4.69) is 5.32 Å². The molecule has 0 spiro atoms. The Labute approximate surface area is 131 Å². The number of hydrogen-bond donors (Lipinski definition) is 2. The van der Waals surface area contributed by atoms with Gasteiger partial charge >= 0.3 is 0 Å². The Hall–Kier alpha value is -1.79. The monoisotopic (exact) mass is 325 g/mol. The van der Waals surface area contributed by atoms with E-state index < -0.39 is 17.7 Å². The summed E-state index contributed by atoms with van der Waals surface area (Å²) in [7, 11) is 0. The number of rotatable bonds is 7. The Morgan fingerprint density at radius 2 is 2.14 bits per heavy atom. The number of nitrogens with one attached hydrogen (secondary N) is 1. The van der Waals surface area contributed by atoms with Gasteiger partial charge in [-0.05, 0) is 59.0 Å². The summed E-state index contributed by atoms with van der Waals surface area (Å²) in [6.45, 7) is 0.143. The highest BCUT2D eigenvalue weighted by Gasteiger charge is 2.10. The number of halogens is 2. The quantitative estimate of drug-likeness (QED) is 0.821. The van der Waals surface area contributed by atoms with Gasteiger partial charge in [0.05, 0.1) is 6.10 Å². The summed E-state index contributed by atoms with van der Waals surface area (Å²) in [6, 6.07) is 5.10. The molecule has 0 bridgehead atoms. The van der Waals surface area contributed by atoms with Crippen molar-refractivity contribution in [2.24, 2.45) is 0 Å².